The maximum Gasteiger partial charge on any atom is 0.268 e. The molecule has 2 saturated heterocycles. The molecule has 0 N–H and O–H groups in total. The largest absolute Gasteiger partial charge is 0.301 e. The summed E-state index contributed by atoms with van der Waals surface area (Å²) < 4.78 is 2.90. The van der Waals surface area contributed by atoms with Crippen LogP contribution in [0.1, 0.15) is 25.7 Å². The number of hydrogen-bond acceptors (Lipinski definition) is 4. The normalized spacial score (nSPS) is 26.3. The minimum Gasteiger partial charge on any atom is -0.301 e. The Morgan fingerprint density at radius 1 is 1.14 bits per heavy atom. The summed E-state index contributed by atoms with van der Waals surface area (Å²) in [5, 5.41) is 0.811. The van der Waals surface area contributed by atoms with Gasteiger partial charge in [-0.15, -0.1) is 0 Å². The molecule has 0 radical (unpaired) electrons. The number of nitrogens with zero attached hydrogens (tertiary/aromatic N) is 3. The average Bonchev–Trinajstić information content (AvgIpc) is 2.68. The van der Waals surface area contributed by atoms with E-state index >= 15 is 0 Å². The lowest BCUT2D eigenvalue weighted by Gasteiger charge is -2.21. The van der Waals surface area contributed by atoms with Crippen LogP contribution >= 0.6 is 11.5 Å². The molecule has 1 aliphatic carbocycles. The van der Waals surface area contributed by atoms with Gasteiger partial charge in [0.1, 0.15) is 0 Å². The van der Waals surface area contributed by atoms with Crippen molar-refractivity contribution in [2.75, 3.05) is 19.6 Å². The van der Waals surface area contributed by atoms with E-state index in [0.29, 0.717) is 0 Å². The van der Waals surface area contributed by atoms with E-state index in [1.165, 1.54) is 38.8 Å². The molecule has 0 aromatic carbocycles. The summed E-state index contributed by atoms with van der Waals surface area (Å²) in [5.41, 5.74) is 0.148. The van der Waals surface area contributed by atoms with Gasteiger partial charge in [0.2, 0.25) is 0 Å². The van der Waals surface area contributed by atoms with Crippen LogP contribution in [0.25, 0.3) is 10.1 Å². The second kappa shape index (κ2) is 5.54. The van der Waals surface area contributed by atoms with Crippen molar-refractivity contribution in [2.24, 2.45) is 11.8 Å². The molecule has 2 bridgehead atoms. The maximum atomic E-state index is 12.3. The number of fused-ring (bicyclic) bond motifs is 5. The predicted octanol–water partition coefficient (Wildman–Crippen LogP) is 2.58. The van der Waals surface area contributed by atoms with Gasteiger partial charge in [0.05, 0.1) is 10.1 Å². The van der Waals surface area contributed by atoms with Crippen molar-refractivity contribution in [3.05, 3.63) is 28.8 Å². The van der Waals surface area contributed by atoms with Crippen molar-refractivity contribution in [1.29, 1.82) is 0 Å². The van der Waals surface area contributed by atoms with Crippen LogP contribution in [0.4, 0.5) is 0 Å². The minimum absolute atomic E-state index is 0.148. The van der Waals surface area contributed by atoms with Crippen LogP contribution in [-0.4, -0.2) is 33.5 Å². The lowest BCUT2D eigenvalue weighted by atomic mass is 9.84. The van der Waals surface area contributed by atoms with Gasteiger partial charge in [-0.2, -0.15) is 0 Å². The van der Waals surface area contributed by atoms with E-state index in [0.717, 1.165) is 35.0 Å². The molecule has 0 amide bonds. The average molecular weight is 303 g/mol. The van der Waals surface area contributed by atoms with E-state index in [2.05, 4.69) is 9.88 Å². The number of aromatic nitrogens is 2. The molecular weight excluding hydrogens is 282 g/mol. The van der Waals surface area contributed by atoms with Gasteiger partial charge in [-0.05, 0) is 43.6 Å². The summed E-state index contributed by atoms with van der Waals surface area (Å²) in [7, 11) is 0. The Balaban J connectivity index is 1.48. The fourth-order valence-corrected chi connectivity index (χ4v) is 4.84. The Hall–Kier alpha value is -1.20. The second-order valence-corrected chi connectivity index (χ2v) is 7.58. The predicted molar refractivity (Wildman–Crippen MR) is 85.8 cm³/mol. The maximum absolute atomic E-state index is 12.3. The molecule has 2 aromatic rings. The highest BCUT2D eigenvalue weighted by Crippen LogP contribution is 2.33. The van der Waals surface area contributed by atoms with Crippen molar-refractivity contribution in [3.8, 4) is 0 Å². The Labute approximate surface area is 128 Å². The first-order chi connectivity index (χ1) is 10.3. The molecule has 3 aliphatic rings. The van der Waals surface area contributed by atoms with Crippen LogP contribution in [0.5, 0.6) is 0 Å². The quantitative estimate of drug-likeness (QED) is 0.875. The zero-order valence-electron chi connectivity index (χ0n) is 12.2. The summed E-state index contributed by atoms with van der Waals surface area (Å²) in [4.78, 5) is 19.0. The van der Waals surface area contributed by atoms with Gasteiger partial charge in [-0.1, -0.05) is 11.5 Å². The smallest absolute Gasteiger partial charge is 0.268 e. The highest BCUT2D eigenvalue weighted by molar-refractivity contribution is 7.13. The fourth-order valence-electron chi connectivity index (χ4n) is 3.89. The molecule has 1 saturated carbocycles. The molecule has 0 atom stereocenters. The third-order valence-electron chi connectivity index (χ3n) is 5.07. The zero-order valence-corrected chi connectivity index (χ0v) is 13.0. The van der Waals surface area contributed by atoms with Gasteiger partial charge >= 0.3 is 0 Å². The van der Waals surface area contributed by atoms with Crippen LogP contribution in [0.3, 0.4) is 0 Å². The number of hydrogen-bond donors (Lipinski definition) is 0. The molecule has 112 valence electrons. The van der Waals surface area contributed by atoms with Gasteiger partial charge in [0.15, 0.2) is 0 Å². The van der Waals surface area contributed by atoms with Crippen molar-refractivity contribution >= 4 is 21.6 Å². The molecule has 4 nitrogen and oxygen atoms in total. The van der Waals surface area contributed by atoms with Gasteiger partial charge in [0.25, 0.3) is 5.56 Å². The topological polar surface area (TPSA) is 38.1 Å². The lowest BCUT2D eigenvalue weighted by Crippen LogP contribution is -2.32. The molecule has 0 unspecified atom stereocenters. The number of rotatable bonds is 3. The van der Waals surface area contributed by atoms with Gasteiger partial charge < -0.3 is 4.90 Å². The third-order valence-corrected chi connectivity index (χ3v) is 6.16. The van der Waals surface area contributed by atoms with Crippen molar-refractivity contribution in [2.45, 2.75) is 32.2 Å². The molecule has 5 rings (SSSR count). The summed E-state index contributed by atoms with van der Waals surface area (Å²) >= 11 is 1.55. The van der Waals surface area contributed by atoms with Crippen molar-refractivity contribution in [1.82, 2.24) is 13.8 Å². The van der Waals surface area contributed by atoms with Gasteiger partial charge in [0, 0.05) is 38.6 Å². The molecule has 2 aromatic heterocycles. The van der Waals surface area contributed by atoms with Crippen LogP contribution in [0.15, 0.2) is 23.3 Å². The van der Waals surface area contributed by atoms with Gasteiger partial charge in [-0.25, -0.2) is 0 Å². The molecule has 2 aliphatic heterocycles. The highest BCUT2D eigenvalue weighted by atomic mass is 32.1. The highest BCUT2D eigenvalue weighted by Gasteiger charge is 2.29. The van der Waals surface area contributed by atoms with Crippen molar-refractivity contribution < 1.29 is 0 Å². The Morgan fingerprint density at radius 2 is 1.86 bits per heavy atom. The van der Waals surface area contributed by atoms with E-state index in [-0.39, 0.29) is 5.56 Å². The van der Waals surface area contributed by atoms with Crippen LogP contribution in [0.2, 0.25) is 0 Å². The summed E-state index contributed by atoms with van der Waals surface area (Å²) in [6, 6.07) is 1.83. The lowest BCUT2D eigenvalue weighted by molar-refractivity contribution is 0.245. The van der Waals surface area contributed by atoms with Crippen LogP contribution in [-0.2, 0) is 6.54 Å². The molecule has 21 heavy (non-hydrogen) atoms. The minimum atomic E-state index is 0.148. The van der Waals surface area contributed by atoms with Crippen LogP contribution < -0.4 is 5.56 Å². The Kier molecular flexibility index (Phi) is 3.55. The monoisotopic (exact) mass is 303 g/mol. The first-order valence-electron chi connectivity index (χ1n) is 7.96. The van der Waals surface area contributed by atoms with E-state index < -0.39 is 0 Å². The van der Waals surface area contributed by atoms with E-state index in [9.17, 15) is 4.79 Å². The number of pyridine rings is 1. The fraction of sp³-hybridized carbons (Fsp3) is 0.625. The standard InChI is InChI=1S/C16H21N3OS/c20-16-14-5-6-17-9-15(14)21-19(16)8-7-18-10-12-1-2-13(11-18)4-3-12/h5-6,9,12-13H,1-4,7-8,10-11H2. The Morgan fingerprint density at radius 3 is 2.52 bits per heavy atom. The van der Waals surface area contributed by atoms with Crippen molar-refractivity contribution in [3.63, 3.8) is 0 Å². The first-order valence-corrected chi connectivity index (χ1v) is 8.73. The molecule has 5 heteroatoms. The molecule has 4 heterocycles. The first kappa shape index (κ1) is 13.5. The third kappa shape index (κ3) is 2.64. The summed E-state index contributed by atoms with van der Waals surface area (Å²) in [5.74, 6) is 1.79. The SMILES string of the molecule is O=c1c2ccncc2sn1CCN1CC2CCC(CC2)C1. The molecule has 0 spiro atoms. The van der Waals surface area contributed by atoms with Crippen LogP contribution in [0, 0.1) is 11.8 Å². The molecular formula is C16H21N3OS. The second-order valence-electron chi connectivity index (χ2n) is 6.52. The van der Waals surface area contributed by atoms with E-state index in [4.69, 9.17) is 0 Å². The van der Waals surface area contributed by atoms with Gasteiger partial charge in [-0.3, -0.25) is 13.7 Å². The summed E-state index contributed by atoms with van der Waals surface area (Å²) in [6.07, 6.45) is 9.15. The Bertz CT molecular complexity index is 670. The molecule has 3 fully saturated rings. The van der Waals surface area contributed by atoms with E-state index in [1.54, 1.807) is 23.9 Å². The van der Waals surface area contributed by atoms with E-state index in [1.807, 2.05) is 10.0 Å². The zero-order chi connectivity index (χ0) is 14.2. The summed E-state index contributed by atoms with van der Waals surface area (Å²) in [6.45, 7) is 4.29.